The zero-order valence-electron chi connectivity index (χ0n) is 22.6. The van der Waals surface area contributed by atoms with E-state index in [9.17, 15) is 14.3 Å². The third-order valence-electron chi connectivity index (χ3n) is 8.62. The van der Waals surface area contributed by atoms with Gasteiger partial charge in [0.15, 0.2) is 0 Å². The van der Waals surface area contributed by atoms with Crippen molar-refractivity contribution in [3.05, 3.63) is 64.9 Å². The van der Waals surface area contributed by atoms with E-state index in [0.29, 0.717) is 23.7 Å². The van der Waals surface area contributed by atoms with Crippen molar-refractivity contribution in [2.75, 3.05) is 46.0 Å². The summed E-state index contributed by atoms with van der Waals surface area (Å²) in [5.41, 5.74) is 5.36. The van der Waals surface area contributed by atoms with Crippen LogP contribution in [-0.2, 0) is 4.74 Å². The highest BCUT2D eigenvalue weighted by Crippen LogP contribution is 2.33. The Labute approximate surface area is 228 Å². The van der Waals surface area contributed by atoms with Crippen LogP contribution in [0.4, 0.5) is 4.39 Å². The molecule has 3 fully saturated rings. The number of hydrogen-bond donors (Lipinski definition) is 1. The van der Waals surface area contributed by atoms with E-state index in [0.717, 1.165) is 87.0 Å². The molecule has 0 unspecified atom stereocenters. The number of ether oxygens (including phenoxy) is 1. The molecule has 6 rings (SSSR count). The number of nitrogens with zero attached hydrogens (tertiary/aromatic N) is 4. The first-order valence-corrected chi connectivity index (χ1v) is 14.2. The molecule has 3 aliphatic rings. The zero-order chi connectivity index (χ0) is 26.9. The third-order valence-corrected chi connectivity index (χ3v) is 8.62. The molecule has 0 spiro atoms. The minimum atomic E-state index is -0.453. The molecular weight excluding hydrogens is 495 g/mol. The van der Waals surface area contributed by atoms with E-state index in [1.165, 1.54) is 17.7 Å². The lowest BCUT2D eigenvalue weighted by atomic mass is 10.00. The molecular formula is C31H37FN4O3. The van der Waals surface area contributed by atoms with Gasteiger partial charge in [0.1, 0.15) is 5.82 Å². The van der Waals surface area contributed by atoms with Crippen molar-refractivity contribution < 1.29 is 19.0 Å². The van der Waals surface area contributed by atoms with Gasteiger partial charge in [0.05, 0.1) is 35.6 Å². The molecule has 2 aromatic heterocycles. The first-order valence-electron chi connectivity index (χ1n) is 14.2. The first kappa shape index (κ1) is 26.2. The van der Waals surface area contributed by atoms with Crippen molar-refractivity contribution in [3.8, 4) is 5.69 Å². The number of likely N-dealkylation sites (tertiary alicyclic amines) is 2. The van der Waals surface area contributed by atoms with Gasteiger partial charge >= 0.3 is 0 Å². The lowest BCUT2D eigenvalue weighted by Crippen LogP contribution is -2.38. The van der Waals surface area contributed by atoms with Crippen LogP contribution in [0.5, 0.6) is 0 Å². The number of halogens is 1. The maximum absolute atomic E-state index is 14.5. The Kier molecular flexibility index (Phi) is 7.51. The summed E-state index contributed by atoms with van der Waals surface area (Å²) in [6.07, 6.45) is 13.0. The molecule has 5 heterocycles. The van der Waals surface area contributed by atoms with Gasteiger partial charge < -0.3 is 19.3 Å². The van der Waals surface area contributed by atoms with E-state index in [-0.39, 0.29) is 18.6 Å². The number of amides is 1. The third kappa shape index (κ3) is 5.25. The van der Waals surface area contributed by atoms with Crippen molar-refractivity contribution in [2.24, 2.45) is 5.92 Å². The molecule has 3 saturated heterocycles. The summed E-state index contributed by atoms with van der Waals surface area (Å²) in [5, 5.41) is 10.9. The summed E-state index contributed by atoms with van der Waals surface area (Å²) >= 11 is 0. The molecule has 3 aromatic rings. The van der Waals surface area contributed by atoms with Crippen molar-refractivity contribution >= 4 is 22.9 Å². The highest BCUT2D eigenvalue weighted by Gasteiger charge is 2.31. The number of aromatic nitrogens is 2. The van der Waals surface area contributed by atoms with E-state index < -0.39 is 5.82 Å². The second kappa shape index (κ2) is 11.2. The van der Waals surface area contributed by atoms with Gasteiger partial charge in [0.25, 0.3) is 5.91 Å². The maximum atomic E-state index is 14.5. The minimum absolute atomic E-state index is 0.0881. The van der Waals surface area contributed by atoms with Crippen molar-refractivity contribution in [3.63, 3.8) is 0 Å². The van der Waals surface area contributed by atoms with Crippen LogP contribution in [0.2, 0.25) is 0 Å². The van der Waals surface area contributed by atoms with Gasteiger partial charge in [-0.05, 0) is 68.7 Å². The molecule has 0 aliphatic carbocycles. The fourth-order valence-electron chi connectivity index (χ4n) is 6.56. The molecule has 1 N–H and O–H groups in total. The minimum Gasteiger partial charge on any atom is -0.394 e. The van der Waals surface area contributed by atoms with Crippen LogP contribution in [0.15, 0.2) is 42.4 Å². The summed E-state index contributed by atoms with van der Waals surface area (Å²) < 4.78 is 22.0. The molecule has 1 amide bonds. The summed E-state index contributed by atoms with van der Waals surface area (Å²) in [5.74, 6) is 0.0114. The van der Waals surface area contributed by atoms with Crippen LogP contribution < -0.4 is 0 Å². The Morgan fingerprint density at radius 2 is 2.05 bits per heavy atom. The Morgan fingerprint density at radius 3 is 2.87 bits per heavy atom. The number of hydrogen-bond acceptors (Lipinski definition) is 5. The average molecular weight is 533 g/mol. The second-order valence-electron chi connectivity index (χ2n) is 11.3. The van der Waals surface area contributed by atoms with Gasteiger partial charge in [0.2, 0.25) is 0 Å². The molecule has 0 saturated carbocycles. The van der Waals surface area contributed by atoms with E-state index in [2.05, 4.69) is 29.1 Å². The molecule has 1 aromatic carbocycles. The van der Waals surface area contributed by atoms with Crippen LogP contribution in [-0.4, -0.2) is 82.4 Å². The van der Waals surface area contributed by atoms with E-state index in [1.54, 1.807) is 11.0 Å². The molecule has 8 heteroatoms. The lowest BCUT2D eigenvalue weighted by molar-refractivity contribution is 0.0558. The van der Waals surface area contributed by atoms with Crippen LogP contribution in [0.1, 0.15) is 53.6 Å². The highest BCUT2D eigenvalue weighted by atomic mass is 19.1. The number of rotatable bonds is 6. The molecule has 206 valence electrons. The van der Waals surface area contributed by atoms with E-state index in [4.69, 9.17) is 4.74 Å². The largest absolute Gasteiger partial charge is 0.394 e. The Balaban J connectivity index is 1.35. The van der Waals surface area contributed by atoms with E-state index >= 15 is 0 Å². The van der Waals surface area contributed by atoms with Crippen molar-refractivity contribution in [1.82, 2.24) is 19.4 Å². The predicted octanol–water partition coefficient (Wildman–Crippen LogP) is 4.59. The zero-order valence-corrected chi connectivity index (χ0v) is 22.6. The van der Waals surface area contributed by atoms with Crippen molar-refractivity contribution in [2.45, 2.75) is 45.1 Å². The number of aliphatic hydroxyl groups is 1. The topological polar surface area (TPSA) is 70.8 Å². The van der Waals surface area contributed by atoms with Gasteiger partial charge in [0, 0.05) is 62.7 Å². The molecule has 3 aliphatic heterocycles. The Hall–Kier alpha value is -3.07. The molecule has 39 heavy (non-hydrogen) atoms. The highest BCUT2D eigenvalue weighted by molar-refractivity contribution is 6.00. The summed E-state index contributed by atoms with van der Waals surface area (Å²) in [7, 11) is 0. The smallest absolute Gasteiger partial charge is 0.256 e. The number of aryl methyl sites for hydroxylation is 1. The molecule has 0 radical (unpaired) electrons. The summed E-state index contributed by atoms with van der Waals surface area (Å²) in [4.78, 5) is 22.3. The molecule has 7 nitrogen and oxygen atoms in total. The van der Waals surface area contributed by atoms with Crippen LogP contribution in [0.3, 0.4) is 0 Å². The van der Waals surface area contributed by atoms with Crippen molar-refractivity contribution in [1.29, 1.82) is 0 Å². The number of pyridine rings is 1. The van der Waals surface area contributed by atoms with Gasteiger partial charge in [-0.1, -0.05) is 11.6 Å². The standard InChI is InChI=1S/C31H37FN4O3/c1-21-15-33-16-29-30(21)24(13-23-6-10-34(18-23)17-22-7-11-39-12-8-22)19-36(29)28-5-4-25(32)14-27(28)31(38)35-9-2-3-26(35)20-37/h4-5,13-16,19,22,26,37H,2-3,6-12,17-18,20H2,1H3/b23-13+/t26-/m0/s1. The number of benzene rings is 1. The van der Waals surface area contributed by atoms with Gasteiger partial charge in [-0.15, -0.1) is 0 Å². The fraction of sp³-hybridized carbons (Fsp3) is 0.484. The van der Waals surface area contributed by atoms with E-state index in [1.807, 2.05) is 17.0 Å². The van der Waals surface area contributed by atoms with Gasteiger partial charge in [-0.25, -0.2) is 4.39 Å². The first-order chi connectivity index (χ1) is 19.0. The molecule has 1 atom stereocenters. The lowest BCUT2D eigenvalue weighted by Gasteiger charge is -2.26. The van der Waals surface area contributed by atoms with Crippen LogP contribution in [0.25, 0.3) is 22.7 Å². The normalized spacial score (nSPS) is 22.0. The fourth-order valence-corrected chi connectivity index (χ4v) is 6.56. The van der Waals surface area contributed by atoms with Gasteiger partial charge in [-0.2, -0.15) is 0 Å². The number of carbonyl (C=O) groups is 1. The number of carbonyl (C=O) groups excluding carboxylic acids is 1. The average Bonchev–Trinajstić information content (AvgIpc) is 3.69. The maximum Gasteiger partial charge on any atom is 0.256 e. The second-order valence-corrected chi connectivity index (χ2v) is 11.3. The predicted molar refractivity (Wildman–Crippen MR) is 149 cm³/mol. The SMILES string of the molecule is Cc1cncc2c1c(/C=C1\CCN(CC3CCOCC3)C1)cn2-c1ccc(F)cc1C(=O)N1CCC[C@H]1CO. The number of fused-ring (bicyclic) bond motifs is 1. The number of aliphatic hydroxyl groups excluding tert-OH is 1. The van der Waals surface area contributed by atoms with Crippen LogP contribution >= 0.6 is 0 Å². The monoisotopic (exact) mass is 532 g/mol. The van der Waals surface area contributed by atoms with Crippen LogP contribution in [0, 0.1) is 18.7 Å². The quantitative estimate of drug-likeness (QED) is 0.503. The summed E-state index contributed by atoms with van der Waals surface area (Å²) in [6.45, 7) is 7.44. The van der Waals surface area contributed by atoms with Gasteiger partial charge in [-0.3, -0.25) is 14.7 Å². The Bertz CT molecular complexity index is 1390. The molecule has 0 bridgehead atoms. The summed E-state index contributed by atoms with van der Waals surface area (Å²) in [6, 6.07) is 4.17. The Morgan fingerprint density at radius 1 is 1.21 bits per heavy atom.